The van der Waals surface area contributed by atoms with Crippen molar-refractivity contribution < 1.29 is 17.7 Å². The van der Waals surface area contributed by atoms with Crippen LogP contribution >= 0.6 is 0 Å². The van der Waals surface area contributed by atoms with Gasteiger partial charge < -0.3 is 9.84 Å². The molecule has 8 heteroatoms. The van der Waals surface area contributed by atoms with Crippen molar-refractivity contribution in [3.63, 3.8) is 0 Å². The molecule has 0 bridgehead atoms. The van der Waals surface area contributed by atoms with Gasteiger partial charge >= 0.3 is 0 Å². The Bertz CT molecular complexity index is 987. The van der Waals surface area contributed by atoms with E-state index in [0.29, 0.717) is 41.4 Å². The van der Waals surface area contributed by atoms with Crippen molar-refractivity contribution >= 4 is 27.3 Å². The lowest BCUT2D eigenvalue weighted by Crippen LogP contribution is -2.26. The van der Waals surface area contributed by atoms with E-state index in [1.165, 1.54) is 4.31 Å². The lowest BCUT2D eigenvalue weighted by molar-refractivity contribution is 0.102. The fourth-order valence-corrected chi connectivity index (χ4v) is 4.83. The van der Waals surface area contributed by atoms with E-state index in [9.17, 15) is 13.2 Å². The number of nitrogens with zero attached hydrogens (tertiary/aromatic N) is 2. The first kappa shape index (κ1) is 19.4. The number of aryl methyl sites for hydroxylation is 2. The Morgan fingerprint density at radius 1 is 1.26 bits per heavy atom. The van der Waals surface area contributed by atoms with E-state index in [1.807, 2.05) is 33.8 Å². The minimum absolute atomic E-state index is 0.151. The minimum atomic E-state index is -3.29. The first-order valence-corrected chi connectivity index (χ1v) is 10.5. The van der Waals surface area contributed by atoms with Gasteiger partial charge in [-0.15, -0.1) is 0 Å². The second kappa shape index (κ2) is 6.67. The van der Waals surface area contributed by atoms with Crippen LogP contribution in [-0.2, 0) is 15.4 Å². The highest BCUT2D eigenvalue weighted by atomic mass is 32.2. The van der Waals surface area contributed by atoms with Crippen LogP contribution in [0.25, 0.3) is 0 Å². The zero-order chi connectivity index (χ0) is 20.0. The highest BCUT2D eigenvalue weighted by Gasteiger charge is 2.31. The molecule has 7 nitrogen and oxygen atoms in total. The summed E-state index contributed by atoms with van der Waals surface area (Å²) in [6.45, 7) is 9.90. The summed E-state index contributed by atoms with van der Waals surface area (Å²) >= 11 is 0. The van der Waals surface area contributed by atoms with Crippen molar-refractivity contribution in [1.29, 1.82) is 0 Å². The zero-order valence-corrected chi connectivity index (χ0v) is 17.1. The van der Waals surface area contributed by atoms with Crippen LogP contribution in [0.4, 0.5) is 11.4 Å². The molecule has 1 N–H and O–H groups in total. The summed E-state index contributed by atoms with van der Waals surface area (Å²) in [6, 6.07) is 5.28. The Morgan fingerprint density at radius 3 is 2.56 bits per heavy atom. The van der Waals surface area contributed by atoms with Gasteiger partial charge in [0.05, 0.1) is 11.4 Å². The molecule has 1 aliphatic rings. The van der Waals surface area contributed by atoms with Crippen LogP contribution in [0.3, 0.4) is 0 Å². The standard InChI is InChI=1S/C19H25N3O4S/c1-12-7-8-14(11-15(12)22-9-6-10-27(22,24)25)20-18(23)16-13(2)26-21-17(16)19(3,4)5/h7-8,11H,6,9-10H2,1-5H3,(H,20,23). The van der Waals surface area contributed by atoms with E-state index >= 15 is 0 Å². The molecule has 0 radical (unpaired) electrons. The van der Waals surface area contributed by atoms with E-state index in [-0.39, 0.29) is 17.1 Å². The fourth-order valence-electron chi connectivity index (χ4n) is 3.21. The normalized spacial score (nSPS) is 16.6. The molecular formula is C19H25N3O4S. The molecule has 1 saturated heterocycles. The van der Waals surface area contributed by atoms with Crippen LogP contribution in [0.5, 0.6) is 0 Å². The summed E-state index contributed by atoms with van der Waals surface area (Å²) in [5, 5.41) is 6.90. The number of carbonyl (C=O) groups excluding carboxylic acids is 1. The molecule has 0 spiro atoms. The van der Waals surface area contributed by atoms with Crippen LogP contribution < -0.4 is 9.62 Å². The minimum Gasteiger partial charge on any atom is -0.361 e. The fraction of sp³-hybridized carbons (Fsp3) is 0.474. The lowest BCUT2D eigenvalue weighted by Gasteiger charge is -2.20. The van der Waals surface area contributed by atoms with Gasteiger partial charge in [-0.3, -0.25) is 9.10 Å². The van der Waals surface area contributed by atoms with Crippen molar-refractivity contribution in [1.82, 2.24) is 5.16 Å². The zero-order valence-electron chi connectivity index (χ0n) is 16.3. The highest BCUT2D eigenvalue weighted by molar-refractivity contribution is 7.93. The highest BCUT2D eigenvalue weighted by Crippen LogP contribution is 2.31. The summed E-state index contributed by atoms with van der Waals surface area (Å²) in [5.74, 6) is 0.280. The maximum absolute atomic E-state index is 12.9. The van der Waals surface area contributed by atoms with Gasteiger partial charge in [-0.1, -0.05) is 32.0 Å². The third-order valence-corrected chi connectivity index (χ3v) is 6.49. The number of hydrogen-bond donors (Lipinski definition) is 1. The monoisotopic (exact) mass is 391 g/mol. The van der Waals surface area contributed by atoms with Gasteiger partial charge in [0.15, 0.2) is 0 Å². The Hall–Kier alpha value is -2.35. The number of anilines is 2. The smallest absolute Gasteiger partial charge is 0.261 e. The molecule has 1 amide bonds. The largest absolute Gasteiger partial charge is 0.361 e. The van der Waals surface area contributed by atoms with Crippen molar-refractivity contribution in [2.75, 3.05) is 21.9 Å². The molecule has 0 aliphatic carbocycles. The summed E-state index contributed by atoms with van der Waals surface area (Å²) in [4.78, 5) is 12.9. The quantitative estimate of drug-likeness (QED) is 0.866. The van der Waals surface area contributed by atoms with Crippen LogP contribution in [-0.4, -0.2) is 31.8 Å². The van der Waals surface area contributed by atoms with Crippen molar-refractivity contribution in [2.45, 2.75) is 46.5 Å². The van der Waals surface area contributed by atoms with Crippen LogP contribution in [0, 0.1) is 13.8 Å². The third-order valence-electron chi connectivity index (χ3n) is 4.64. The Labute approximate surface area is 159 Å². The Morgan fingerprint density at radius 2 is 1.96 bits per heavy atom. The van der Waals surface area contributed by atoms with Crippen LogP contribution in [0.15, 0.2) is 22.7 Å². The molecule has 1 aliphatic heterocycles. The van der Waals surface area contributed by atoms with E-state index in [1.54, 1.807) is 19.1 Å². The van der Waals surface area contributed by atoms with Crippen molar-refractivity contribution in [2.24, 2.45) is 0 Å². The van der Waals surface area contributed by atoms with Gasteiger partial charge in [-0.25, -0.2) is 8.42 Å². The summed E-state index contributed by atoms with van der Waals surface area (Å²) in [5.41, 5.74) is 2.64. The van der Waals surface area contributed by atoms with Crippen molar-refractivity contribution in [3.05, 3.63) is 40.8 Å². The topological polar surface area (TPSA) is 92.5 Å². The molecule has 2 heterocycles. The Kier molecular flexibility index (Phi) is 4.80. The summed E-state index contributed by atoms with van der Waals surface area (Å²) in [6.07, 6.45) is 0.604. The molecule has 3 rings (SSSR count). The third kappa shape index (κ3) is 3.71. The molecule has 2 aromatic rings. The van der Waals surface area contributed by atoms with E-state index in [0.717, 1.165) is 5.56 Å². The molecule has 1 aromatic carbocycles. The summed E-state index contributed by atoms with van der Waals surface area (Å²) < 4.78 is 31.2. The molecule has 27 heavy (non-hydrogen) atoms. The first-order valence-electron chi connectivity index (χ1n) is 8.90. The number of hydrogen-bond acceptors (Lipinski definition) is 5. The van der Waals surface area contributed by atoms with E-state index in [4.69, 9.17) is 4.52 Å². The van der Waals surface area contributed by atoms with Gasteiger partial charge in [0.1, 0.15) is 17.0 Å². The molecule has 0 atom stereocenters. The predicted octanol–water partition coefficient (Wildman–Crippen LogP) is 3.38. The molecule has 1 aromatic heterocycles. The van der Waals surface area contributed by atoms with Crippen LogP contribution in [0.1, 0.15) is 54.6 Å². The summed E-state index contributed by atoms with van der Waals surface area (Å²) in [7, 11) is -3.29. The van der Waals surface area contributed by atoms with E-state index < -0.39 is 10.0 Å². The molecule has 146 valence electrons. The molecule has 0 saturated carbocycles. The van der Waals surface area contributed by atoms with Crippen LogP contribution in [0.2, 0.25) is 0 Å². The van der Waals surface area contributed by atoms with Crippen molar-refractivity contribution in [3.8, 4) is 0 Å². The van der Waals surface area contributed by atoms with E-state index in [2.05, 4.69) is 10.5 Å². The van der Waals surface area contributed by atoms with Gasteiger partial charge in [0, 0.05) is 17.6 Å². The number of amides is 1. The number of sulfonamides is 1. The average molecular weight is 391 g/mol. The van der Waals surface area contributed by atoms with Gasteiger partial charge in [0.2, 0.25) is 10.0 Å². The number of nitrogens with one attached hydrogen (secondary N) is 1. The average Bonchev–Trinajstić information content (AvgIpc) is 3.11. The molecular weight excluding hydrogens is 366 g/mol. The number of aromatic nitrogens is 1. The lowest BCUT2D eigenvalue weighted by atomic mass is 9.88. The molecule has 1 fully saturated rings. The second-order valence-corrected chi connectivity index (χ2v) is 9.92. The maximum atomic E-state index is 12.9. The second-order valence-electron chi connectivity index (χ2n) is 7.91. The number of benzene rings is 1. The Balaban J connectivity index is 1.93. The van der Waals surface area contributed by atoms with Gasteiger partial charge in [-0.05, 0) is 38.0 Å². The first-order chi connectivity index (χ1) is 12.5. The number of rotatable bonds is 3. The molecule has 0 unspecified atom stereocenters. The van der Waals surface area contributed by atoms with Gasteiger partial charge in [-0.2, -0.15) is 0 Å². The van der Waals surface area contributed by atoms with Gasteiger partial charge in [0.25, 0.3) is 5.91 Å². The maximum Gasteiger partial charge on any atom is 0.261 e. The predicted molar refractivity (Wildman–Crippen MR) is 105 cm³/mol. The SMILES string of the molecule is Cc1ccc(NC(=O)c2c(C(C)(C)C)noc2C)cc1N1CCCS1(=O)=O. The number of carbonyl (C=O) groups is 1.